The molecule has 2 aromatic heterocycles. The lowest BCUT2D eigenvalue weighted by molar-refractivity contribution is 0.0778. The lowest BCUT2D eigenvalue weighted by atomic mass is 9.90. The van der Waals surface area contributed by atoms with Crippen LogP contribution < -0.4 is 0 Å². The second kappa shape index (κ2) is 5.81. The van der Waals surface area contributed by atoms with E-state index in [2.05, 4.69) is 16.9 Å². The van der Waals surface area contributed by atoms with E-state index in [1.165, 1.54) is 17.0 Å². The summed E-state index contributed by atoms with van der Waals surface area (Å²) in [5.41, 5.74) is 1.74. The highest BCUT2D eigenvalue weighted by Crippen LogP contribution is 2.35. The number of aryl methyl sites for hydroxylation is 2. The van der Waals surface area contributed by atoms with E-state index in [0.29, 0.717) is 23.2 Å². The topological polar surface area (TPSA) is 49.0 Å². The van der Waals surface area contributed by atoms with Crippen molar-refractivity contribution in [1.82, 2.24) is 14.9 Å². The molecule has 21 heavy (non-hydrogen) atoms. The Morgan fingerprint density at radius 1 is 1.62 bits per heavy atom. The number of hydrogen-bond donors (Lipinski definition) is 1. The molecule has 0 aliphatic heterocycles. The monoisotopic (exact) mass is 323 g/mol. The van der Waals surface area contributed by atoms with Crippen LogP contribution in [0.4, 0.5) is 0 Å². The Morgan fingerprint density at radius 3 is 3.14 bits per heavy atom. The number of hydrogen-bond acceptors (Lipinski definition) is 3. The normalized spacial score (nSPS) is 17.6. The van der Waals surface area contributed by atoms with Gasteiger partial charge in [-0.05, 0) is 32.3 Å². The van der Waals surface area contributed by atoms with Crippen molar-refractivity contribution in [3.8, 4) is 0 Å². The number of nitrogens with zero attached hydrogens (tertiary/aromatic N) is 2. The fourth-order valence-corrected chi connectivity index (χ4v) is 4.14. The highest BCUT2D eigenvalue weighted by Gasteiger charge is 2.26. The van der Waals surface area contributed by atoms with Crippen LogP contribution in [-0.4, -0.2) is 34.4 Å². The quantitative estimate of drug-likeness (QED) is 0.937. The standard InChI is InChI=1S/C15H18ClN3OS/c1-9-18-14-10(4-3-5-13(14)21-9)8-19(2)15(20)12-6-11(16)7-17-12/h6-7,10,17H,3-5,8H2,1-2H3. The Bertz CT molecular complexity index is 664. The average Bonchev–Trinajstić information content (AvgIpc) is 3.03. The van der Waals surface area contributed by atoms with Crippen molar-refractivity contribution in [2.75, 3.05) is 13.6 Å². The smallest absolute Gasteiger partial charge is 0.270 e. The van der Waals surface area contributed by atoms with E-state index in [-0.39, 0.29) is 5.91 Å². The molecule has 112 valence electrons. The fourth-order valence-electron chi connectivity index (χ4n) is 2.92. The minimum Gasteiger partial charge on any atom is -0.356 e. The van der Waals surface area contributed by atoms with Crippen LogP contribution in [0.25, 0.3) is 0 Å². The van der Waals surface area contributed by atoms with Gasteiger partial charge in [-0.2, -0.15) is 0 Å². The molecule has 4 nitrogen and oxygen atoms in total. The molecule has 6 heteroatoms. The maximum absolute atomic E-state index is 12.4. The molecule has 0 saturated carbocycles. The first-order chi connectivity index (χ1) is 10.0. The van der Waals surface area contributed by atoms with E-state index >= 15 is 0 Å². The third-order valence-corrected chi connectivity index (χ3v) is 5.16. The molecule has 0 radical (unpaired) electrons. The molecule has 0 aromatic carbocycles. The van der Waals surface area contributed by atoms with Gasteiger partial charge in [0.25, 0.3) is 5.91 Å². The van der Waals surface area contributed by atoms with Crippen LogP contribution in [0.3, 0.4) is 0 Å². The minimum atomic E-state index is -0.0269. The van der Waals surface area contributed by atoms with Crippen molar-refractivity contribution >= 4 is 28.8 Å². The van der Waals surface area contributed by atoms with Gasteiger partial charge in [0.2, 0.25) is 0 Å². The largest absolute Gasteiger partial charge is 0.356 e. The molecule has 1 aliphatic carbocycles. The summed E-state index contributed by atoms with van der Waals surface area (Å²) in [6, 6.07) is 1.67. The van der Waals surface area contributed by atoms with Gasteiger partial charge in [-0.1, -0.05) is 11.6 Å². The Balaban J connectivity index is 1.73. The molecule has 2 heterocycles. The number of carbonyl (C=O) groups excluding carboxylic acids is 1. The molecule has 1 unspecified atom stereocenters. The van der Waals surface area contributed by atoms with Gasteiger partial charge in [0.15, 0.2) is 0 Å². The number of aromatic nitrogens is 2. The number of likely N-dealkylation sites (N-methyl/N-ethyl adjacent to an activating group) is 1. The van der Waals surface area contributed by atoms with Crippen LogP contribution in [-0.2, 0) is 6.42 Å². The number of aromatic amines is 1. The number of nitrogens with one attached hydrogen (secondary N) is 1. The van der Waals surface area contributed by atoms with Crippen LogP contribution in [0, 0.1) is 6.92 Å². The van der Waals surface area contributed by atoms with E-state index in [9.17, 15) is 4.79 Å². The zero-order valence-corrected chi connectivity index (χ0v) is 13.7. The minimum absolute atomic E-state index is 0.0269. The molecule has 0 bridgehead atoms. The first-order valence-corrected chi connectivity index (χ1v) is 8.29. The number of amides is 1. The number of halogens is 1. The third-order valence-electron chi connectivity index (χ3n) is 3.90. The maximum Gasteiger partial charge on any atom is 0.270 e. The summed E-state index contributed by atoms with van der Waals surface area (Å²) in [5, 5.41) is 1.68. The highest BCUT2D eigenvalue weighted by atomic mass is 35.5. The summed E-state index contributed by atoms with van der Waals surface area (Å²) in [6.07, 6.45) is 5.03. The summed E-state index contributed by atoms with van der Waals surface area (Å²) < 4.78 is 0. The fraction of sp³-hybridized carbons (Fsp3) is 0.467. The lowest BCUT2D eigenvalue weighted by Gasteiger charge is -2.26. The van der Waals surface area contributed by atoms with Crippen molar-refractivity contribution < 1.29 is 4.79 Å². The molecule has 1 atom stereocenters. The van der Waals surface area contributed by atoms with E-state index in [1.54, 1.807) is 28.5 Å². The molecule has 0 fully saturated rings. The molecule has 1 aliphatic rings. The molecule has 2 aromatic rings. The number of carbonyl (C=O) groups is 1. The van der Waals surface area contributed by atoms with E-state index in [4.69, 9.17) is 11.6 Å². The molecule has 0 spiro atoms. The van der Waals surface area contributed by atoms with Gasteiger partial charge in [-0.25, -0.2) is 4.98 Å². The second-order valence-corrected chi connectivity index (χ2v) is 7.27. The summed E-state index contributed by atoms with van der Waals surface area (Å²) in [7, 11) is 1.84. The Kier molecular flexibility index (Phi) is 4.04. The summed E-state index contributed by atoms with van der Waals surface area (Å²) in [6.45, 7) is 2.75. The Hall–Kier alpha value is -1.33. The Morgan fingerprint density at radius 2 is 2.43 bits per heavy atom. The van der Waals surface area contributed by atoms with Crippen molar-refractivity contribution in [2.45, 2.75) is 32.1 Å². The van der Waals surface area contributed by atoms with Crippen LogP contribution in [0.15, 0.2) is 12.3 Å². The summed E-state index contributed by atoms with van der Waals surface area (Å²) >= 11 is 7.65. The van der Waals surface area contributed by atoms with Crippen LogP contribution in [0.5, 0.6) is 0 Å². The summed E-state index contributed by atoms with van der Waals surface area (Å²) in [4.78, 5) is 23.1. The number of fused-ring (bicyclic) bond motifs is 1. The molecule has 3 rings (SSSR count). The number of thiazole rings is 1. The molecular weight excluding hydrogens is 306 g/mol. The number of rotatable bonds is 3. The van der Waals surface area contributed by atoms with Gasteiger partial charge in [0.1, 0.15) is 5.69 Å². The zero-order valence-electron chi connectivity index (χ0n) is 12.1. The van der Waals surface area contributed by atoms with E-state index < -0.39 is 0 Å². The van der Waals surface area contributed by atoms with E-state index in [0.717, 1.165) is 17.8 Å². The highest BCUT2D eigenvalue weighted by molar-refractivity contribution is 7.11. The third kappa shape index (κ3) is 2.99. The van der Waals surface area contributed by atoms with Gasteiger partial charge in [0, 0.05) is 30.6 Å². The molecule has 1 N–H and O–H groups in total. The van der Waals surface area contributed by atoms with Crippen molar-refractivity contribution in [3.05, 3.63) is 38.6 Å². The first-order valence-electron chi connectivity index (χ1n) is 7.10. The van der Waals surface area contributed by atoms with Gasteiger partial charge in [0.05, 0.1) is 15.7 Å². The number of H-pyrrole nitrogens is 1. The van der Waals surface area contributed by atoms with Crippen molar-refractivity contribution in [2.24, 2.45) is 0 Å². The predicted molar refractivity (Wildman–Crippen MR) is 85.3 cm³/mol. The predicted octanol–water partition coefficient (Wildman–Crippen LogP) is 3.63. The molecule has 0 saturated heterocycles. The Labute approximate surface area is 133 Å². The van der Waals surface area contributed by atoms with Crippen LogP contribution in [0.1, 0.15) is 44.8 Å². The van der Waals surface area contributed by atoms with Gasteiger partial charge in [-0.15, -0.1) is 11.3 Å². The maximum atomic E-state index is 12.4. The molecular formula is C15H18ClN3OS. The SMILES string of the molecule is Cc1nc2c(s1)CCCC2CN(C)C(=O)c1cc(Cl)c[nH]1. The average molecular weight is 324 g/mol. The van der Waals surface area contributed by atoms with Gasteiger partial charge >= 0.3 is 0 Å². The first kappa shape index (κ1) is 14.6. The molecule has 1 amide bonds. The second-order valence-electron chi connectivity index (χ2n) is 5.55. The van der Waals surface area contributed by atoms with Crippen molar-refractivity contribution in [1.29, 1.82) is 0 Å². The zero-order chi connectivity index (χ0) is 15.0. The van der Waals surface area contributed by atoms with Crippen molar-refractivity contribution in [3.63, 3.8) is 0 Å². The summed E-state index contributed by atoms with van der Waals surface area (Å²) in [5.74, 6) is 0.319. The van der Waals surface area contributed by atoms with E-state index in [1.807, 2.05) is 7.05 Å². The van der Waals surface area contributed by atoms with Gasteiger partial charge in [-0.3, -0.25) is 4.79 Å². The lowest BCUT2D eigenvalue weighted by Crippen LogP contribution is -2.32. The van der Waals surface area contributed by atoms with Crippen LogP contribution in [0.2, 0.25) is 5.02 Å². The van der Waals surface area contributed by atoms with Gasteiger partial charge < -0.3 is 9.88 Å². The van der Waals surface area contributed by atoms with Crippen LogP contribution >= 0.6 is 22.9 Å².